The quantitative estimate of drug-likeness (QED) is 0.495. The van der Waals surface area contributed by atoms with E-state index in [-0.39, 0.29) is 6.61 Å². The van der Waals surface area contributed by atoms with E-state index in [0.717, 1.165) is 51.9 Å². The Hall–Kier alpha value is -2.90. The lowest BCUT2D eigenvalue weighted by molar-refractivity contribution is 0.275. The molecular formula is C20H19ClN6O. The zero-order valence-electron chi connectivity index (χ0n) is 15.3. The monoisotopic (exact) mass is 394 g/mol. The van der Waals surface area contributed by atoms with E-state index in [4.69, 9.17) is 11.6 Å². The Kier molecular flexibility index (Phi) is 4.07. The molecule has 4 aromatic rings. The summed E-state index contributed by atoms with van der Waals surface area (Å²) in [6, 6.07) is 5.93. The van der Waals surface area contributed by atoms with E-state index in [1.807, 2.05) is 31.3 Å². The van der Waals surface area contributed by atoms with Crippen LogP contribution in [-0.2, 0) is 19.6 Å². The van der Waals surface area contributed by atoms with E-state index >= 15 is 0 Å². The van der Waals surface area contributed by atoms with Gasteiger partial charge in [-0.3, -0.25) is 5.10 Å². The Morgan fingerprint density at radius 2 is 2.18 bits per heavy atom. The summed E-state index contributed by atoms with van der Waals surface area (Å²) in [6.45, 7) is 3.26. The Labute approximate surface area is 166 Å². The maximum atomic E-state index is 9.52. The molecule has 1 aromatic carbocycles. The number of rotatable bonds is 3. The normalized spacial score (nSPS) is 13.9. The van der Waals surface area contributed by atoms with Crippen molar-refractivity contribution in [3.05, 3.63) is 58.1 Å². The molecule has 8 heteroatoms. The molecule has 3 aromatic heterocycles. The third-order valence-corrected chi connectivity index (χ3v) is 5.67. The van der Waals surface area contributed by atoms with Crippen LogP contribution in [-0.4, -0.2) is 36.8 Å². The van der Waals surface area contributed by atoms with Gasteiger partial charge in [0.2, 0.25) is 5.95 Å². The van der Waals surface area contributed by atoms with Gasteiger partial charge in [-0.05, 0) is 24.6 Å². The van der Waals surface area contributed by atoms with Gasteiger partial charge in [0.05, 0.1) is 28.5 Å². The zero-order valence-corrected chi connectivity index (χ0v) is 16.1. The van der Waals surface area contributed by atoms with Crippen LogP contribution >= 0.6 is 11.6 Å². The highest BCUT2D eigenvalue weighted by atomic mass is 35.5. The van der Waals surface area contributed by atoms with Gasteiger partial charge >= 0.3 is 0 Å². The first-order valence-electron chi connectivity index (χ1n) is 9.16. The lowest BCUT2D eigenvalue weighted by atomic mass is 9.99. The zero-order chi connectivity index (χ0) is 19.3. The summed E-state index contributed by atoms with van der Waals surface area (Å²) in [5, 5.41) is 19.1. The number of aliphatic hydroxyl groups excluding tert-OH is 1. The highest BCUT2D eigenvalue weighted by molar-refractivity contribution is 6.35. The number of aromatic amines is 2. The van der Waals surface area contributed by atoms with Crippen molar-refractivity contribution >= 4 is 28.5 Å². The number of H-pyrrole nitrogens is 2. The maximum Gasteiger partial charge on any atom is 0.225 e. The summed E-state index contributed by atoms with van der Waals surface area (Å²) in [5.74, 6) is 0.635. The van der Waals surface area contributed by atoms with Crippen molar-refractivity contribution in [3.63, 3.8) is 0 Å². The SMILES string of the molecule is Cc1cnc(N2CCc3[nH]nc(-c4ccc(Cl)c5[nH]ccc45)c3C2)nc1CO. The molecule has 0 radical (unpaired) electrons. The molecule has 0 saturated carbocycles. The van der Waals surface area contributed by atoms with Crippen molar-refractivity contribution in [2.24, 2.45) is 0 Å². The van der Waals surface area contributed by atoms with Crippen LogP contribution in [0.4, 0.5) is 5.95 Å². The predicted octanol–water partition coefficient (Wildman–Crippen LogP) is 3.36. The molecule has 0 aliphatic carbocycles. The van der Waals surface area contributed by atoms with Crippen LogP contribution in [0.5, 0.6) is 0 Å². The van der Waals surface area contributed by atoms with Gasteiger partial charge < -0.3 is 15.0 Å². The predicted molar refractivity (Wildman–Crippen MR) is 108 cm³/mol. The maximum absolute atomic E-state index is 9.52. The molecule has 0 unspecified atom stereocenters. The molecule has 1 aliphatic rings. The fraction of sp³-hybridized carbons (Fsp3) is 0.250. The number of aryl methyl sites for hydroxylation is 1. The van der Waals surface area contributed by atoms with Gasteiger partial charge in [0.25, 0.3) is 0 Å². The molecule has 0 spiro atoms. The number of nitrogens with one attached hydrogen (secondary N) is 2. The number of anilines is 1. The fourth-order valence-electron chi connectivity index (χ4n) is 3.80. The highest BCUT2D eigenvalue weighted by Gasteiger charge is 2.25. The fourth-order valence-corrected chi connectivity index (χ4v) is 4.01. The van der Waals surface area contributed by atoms with E-state index in [1.54, 1.807) is 6.20 Å². The molecule has 0 saturated heterocycles. The summed E-state index contributed by atoms with van der Waals surface area (Å²) in [6.07, 6.45) is 4.49. The van der Waals surface area contributed by atoms with Crippen molar-refractivity contribution < 1.29 is 5.11 Å². The van der Waals surface area contributed by atoms with Crippen LogP contribution < -0.4 is 4.90 Å². The van der Waals surface area contributed by atoms with Gasteiger partial charge in [0, 0.05) is 54.1 Å². The van der Waals surface area contributed by atoms with Crippen LogP contribution in [0.1, 0.15) is 22.5 Å². The van der Waals surface area contributed by atoms with Crippen molar-refractivity contribution in [2.75, 3.05) is 11.4 Å². The van der Waals surface area contributed by atoms with Crippen molar-refractivity contribution in [3.8, 4) is 11.3 Å². The smallest absolute Gasteiger partial charge is 0.225 e. The minimum Gasteiger partial charge on any atom is -0.390 e. The molecule has 28 heavy (non-hydrogen) atoms. The standard InChI is InChI=1S/C20H19ClN6O/c1-11-8-23-20(24-17(11)10-28)27-7-5-16-14(9-27)18(26-25-16)12-2-3-15(21)19-13(12)4-6-22-19/h2-4,6,8,22,28H,5,7,9-10H2,1H3,(H,25,26). The lowest BCUT2D eigenvalue weighted by Gasteiger charge is -2.27. The van der Waals surface area contributed by atoms with Gasteiger partial charge in [-0.2, -0.15) is 5.10 Å². The Morgan fingerprint density at radius 1 is 1.29 bits per heavy atom. The van der Waals surface area contributed by atoms with E-state index in [0.29, 0.717) is 23.2 Å². The Bertz CT molecular complexity index is 1180. The molecule has 4 heterocycles. The average molecular weight is 395 g/mol. The minimum absolute atomic E-state index is 0.0896. The van der Waals surface area contributed by atoms with Crippen LogP contribution in [0.15, 0.2) is 30.6 Å². The van der Waals surface area contributed by atoms with Gasteiger partial charge in [-0.25, -0.2) is 9.97 Å². The average Bonchev–Trinajstić information content (AvgIpc) is 3.36. The summed E-state index contributed by atoms with van der Waals surface area (Å²) < 4.78 is 0. The summed E-state index contributed by atoms with van der Waals surface area (Å²) in [7, 11) is 0. The van der Waals surface area contributed by atoms with E-state index < -0.39 is 0 Å². The molecular weight excluding hydrogens is 376 g/mol. The summed E-state index contributed by atoms with van der Waals surface area (Å²) >= 11 is 6.32. The van der Waals surface area contributed by atoms with E-state index in [9.17, 15) is 5.11 Å². The third-order valence-electron chi connectivity index (χ3n) is 5.36. The minimum atomic E-state index is -0.0896. The van der Waals surface area contributed by atoms with Crippen molar-refractivity contribution in [1.82, 2.24) is 25.1 Å². The van der Waals surface area contributed by atoms with Crippen molar-refractivity contribution in [1.29, 1.82) is 0 Å². The number of nitrogens with zero attached hydrogens (tertiary/aromatic N) is 4. The Balaban J connectivity index is 1.56. The molecule has 0 fully saturated rings. The van der Waals surface area contributed by atoms with Crippen LogP contribution in [0.25, 0.3) is 22.2 Å². The number of aromatic nitrogens is 5. The third kappa shape index (κ3) is 2.66. The molecule has 5 rings (SSSR count). The second kappa shape index (κ2) is 6.61. The summed E-state index contributed by atoms with van der Waals surface area (Å²) in [5.41, 5.74) is 6.72. The second-order valence-electron chi connectivity index (χ2n) is 7.02. The number of halogens is 1. The largest absolute Gasteiger partial charge is 0.390 e. The van der Waals surface area contributed by atoms with E-state index in [2.05, 4.69) is 30.0 Å². The molecule has 7 nitrogen and oxygen atoms in total. The van der Waals surface area contributed by atoms with E-state index in [1.165, 1.54) is 0 Å². The van der Waals surface area contributed by atoms with Gasteiger partial charge in [0.1, 0.15) is 0 Å². The van der Waals surface area contributed by atoms with Crippen LogP contribution in [0.3, 0.4) is 0 Å². The molecule has 3 N–H and O–H groups in total. The van der Waals surface area contributed by atoms with Crippen molar-refractivity contribution in [2.45, 2.75) is 26.5 Å². The first-order chi connectivity index (χ1) is 13.7. The molecule has 0 atom stereocenters. The van der Waals surface area contributed by atoms with Crippen LogP contribution in [0.2, 0.25) is 5.02 Å². The second-order valence-corrected chi connectivity index (χ2v) is 7.43. The number of hydrogen-bond acceptors (Lipinski definition) is 5. The first kappa shape index (κ1) is 17.2. The molecule has 142 valence electrons. The number of hydrogen-bond donors (Lipinski definition) is 3. The highest BCUT2D eigenvalue weighted by Crippen LogP contribution is 2.36. The summed E-state index contributed by atoms with van der Waals surface area (Å²) in [4.78, 5) is 14.3. The van der Waals surface area contributed by atoms with Gasteiger partial charge in [-0.15, -0.1) is 0 Å². The molecule has 0 bridgehead atoms. The number of aliphatic hydroxyl groups is 1. The van der Waals surface area contributed by atoms with Crippen LogP contribution in [0, 0.1) is 6.92 Å². The Morgan fingerprint density at radius 3 is 3.04 bits per heavy atom. The number of benzene rings is 1. The molecule has 0 amide bonds. The number of fused-ring (bicyclic) bond motifs is 2. The van der Waals surface area contributed by atoms with Gasteiger partial charge in [0.15, 0.2) is 0 Å². The van der Waals surface area contributed by atoms with Gasteiger partial charge in [-0.1, -0.05) is 17.7 Å². The lowest BCUT2D eigenvalue weighted by Crippen LogP contribution is -2.32. The first-order valence-corrected chi connectivity index (χ1v) is 9.54. The molecule has 1 aliphatic heterocycles. The topological polar surface area (TPSA) is 93.7 Å².